The van der Waals surface area contributed by atoms with Crippen molar-refractivity contribution in [2.75, 3.05) is 21.7 Å². The van der Waals surface area contributed by atoms with Crippen LogP contribution in [0, 0.1) is 0 Å². The van der Waals surface area contributed by atoms with Gasteiger partial charge in [0.05, 0.1) is 23.0 Å². The van der Waals surface area contributed by atoms with E-state index in [0.717, 1.165) is 22.5 Å². The lowest BCUT2D eigenvalue weighted by Crippen LogP contribution is -2.27. The smallest absolute Gasteiger partial charge is 0.337 e. The van der Waals surface area contributed by atoms with Gasteiger partial charge in [-0.2, -0.15) is 0 Å². The third kappa shape index (κ3) is 2.41. The van der Waals surface area contributed by atoms with Crippen molar-refractivity contribution in [2.45, 2.75) is 0 Å². The van der Waals surface area contributed by atoms with Gasteiger partial charge >= 0.3 is 5.97 Å². The molecule has 0 aromatic heterocycles. The van der Waals surface area contributed by atoms with Gasteiger partial charge in [0.2, 0.25) is 0 Å². The predicted molar refractivity (Wildman–Crippen MR) is 65.7 cm³/mol. The molecule has 1 aromatic rings. The molecule has 1 aliphatic heterocycles. The Kier molecular flexibility index (Phi) is 3.43. The summed E-state index contributed by atoms with van der Waals surface area (Å²) >= 11 is 3.63. The number of carbonyl (C=O) groups is 1. The first kappa shape index (κ1) is 10.7. The third-order valence-corrected chi connectivity index (χ3v) is 4.46. The molecule has 0 amide bonds. The standard InChI is InChI=1S/C10H11NO2S2/c12-10(13)8-3-1-2-4-9(8)11-5-14-7-15-6-11/h1-4H,5-7H2,(H,12,13). The Morgan fingerprint density at radius 3 is 2.60 bits per heavy atom. The van der Waals surface area contributed by atoms with Gasteiger partial charge in [-0.3, -0.25) is 0 Å². The molecule has 0 unspecified atom stereocenters. The van der Waals surface area contributed by atoms with Crippen molar-refractivity contribution in [1.82, 2.24) is 0 Å². The Balaban J connectivity index is 2.29. The Hall–Kier alpha value is -0.810. The Bertz CT molecular complexity index is 364. The molecule has 2 rings (SSSR count). The van der Waals surface area contributed by atoms with E-state index in [0.29, 0.717) is 5.56 Å². The van der Waals surface area contributed by atoms with E-state index in [1.54, 1.807) is 12.1 Å². The number of carboxylic acid groups (broad SMARTS) is 1. The van der Waals surface area contributed by atoms with Crippen molar-refractivity contribution in [3.05, 3.63) is 29.8 Å². The monoisotopic (exact) mass is 241 g/mol. The number of carboxylic acids is 1. The molecule has 0 bridgehead atoms. The molecule has 0 spiro atoms. The van der Waals surface area contributed by atoms with Gasteiger partial charge in [-0.15, -0.1) is 23.5 Å². The molecule has 0 saturated carbocycles. The van der Waals surface area contributed by atoms with Gasteiger partial charge in [0.1, 0.15) is 0 Å². The van der Waals surface area contributed by atoms with Crippen molar-refractivity contribution in [2.24, 2.45) is 0 Å². The summed E-state index contributed by atoms with van der Waals surface area (Å²) in [5, 5.41) is 10.1. The summed E-state index contributed by atoms with van der Waals surface area (Å²) in [7, 11) is 0. The lowest BCUT2D eigenvalue weighted by Gasteiger charge is -2.28. The topological polar surface area (TPSA) is 40.5 Å². The third-order valence-electron chi connectivity index (χ3n) is 2.14. The molecule has 1 heterocycles. The molecule has 3 nitrogen and oxygen atoms in total. The van der Waals surface area contributed by atoms with Crippen LogP contribution in [0.25, 0.3) is 0 Å². The van der Waals surface area contributed by atoms with Gasteiger partial charge in [0.25, 0.3) is 0 Å². The summed E-state index contributed by atoms with van der Waals surface area (Å²) in [6.45, 7) is 0. The van der Waals surface area contributed by atoms with Gasteiger partial charge in [-0.25, -0.2) is 4.79 Å². The molecule has 0 radical (unpaired) electrons. The minimum absolute atomic E-state index is 0.389. The maximum Gasteiger partial charge on any atom is 0.337 e. The highest BCUT2D eigenvalue weighted by Crippen LogP contribution is 2.29. The van der Waals surface area contributed by atoms with Crippen LogP contribution >= 0.6 is 23.5 Å². The van der Waals surface area contributed by atoms with Crippen LogP contribution in [0.3, 0.4) is 0 Å². The van der Waals surface area contributed by atoms with Crippen LogP contribution in [0.1, 0.15) is 10.4 Å². The molecule has 80 valence electrons. The Labute approximate surface area is 96.8 Å². The number of aromatic carboxylic acids is 1. The van der Waals surface area contributed by atoms with Crippen molar-refractivity contribution < 1.29 is 9.90 Å². The lowest BCUT2D eigenvalue weighted by molar-refractivity contribution is 0.0697. The fraction of sp³-hybridized carbons (Fsp3) is 0.300. The second-order valence-corrected chi connectivity index (χ2v) is 5.42. The van der Waals surface area contributed by atoms with Crippen LogP contribution in [-0.2, 0) is 0 Å². The Morgan fingerprint density at radius 1 is 1.27 bits per heavy atom. The number of benzene rings is 1. The van der Waals surface area contributed by atoms with Crippen LogP contribution < -0.4 is 4.90 Å². The number of rotatable bonds is 2. The number of thioether (sulfide) groups is 2. The number of para-hydroxylation sites is 1. The van der Waals surface area contributed by atoms with Crippen LogP contribution in [0.15, 0.2) is 24.3 Å². The molecule has 0 atom stereocenters. The van der Waals surface area contributed by atoms with Gasteiger partial charge in [0.15, 0.2) is 0 Å². The van der Waals surface area contributed by atoms with Crippen molar-refractivity contribution >= 4 is 35.2 Å². The van der Waals surface area contributed by atoms with Crippen LogP contribution in [0.5, 0.6) is 0 Å². The molecule has 1 aromatic carbocycles. The van der Waals surface area contributed by atoms with E-state index >= 15 is 0 Å². The van der Waals surface area contributed by atoms with Crippen LogP contribution in [-0.4, -0.2) is 27.9 Å². The largest absolute Gasteiger partial charge is 0.478 e. The summed E-state index contributed by atoms with van der Waals surface area (Å²) in [6.07, 6.45) is 0. The first-order valence-corrected chi connectivity index (χ1v) is 6.83. The SMILES string of the molecule is O=C(O)c1ccccc1N1CSCSC1. The average molecular weight is 241 g/mol. The average Bonchev–Trinajstić information content (AvgIpc) is 2.30. The van der Waals surface area contributed by atoms with Gasteiger partial charge < -0.3 is 10.0 Å². The number of nitrogens with zero attached hydrogens (tertiary/aromatic N) is 1. The first-order valence-electron chi connectivity index (χ1n) is 4.52. The zero-order valence-electron chi connectivity index (χ0n) is 8.05. The van der Waals surface area contributed by atoms with Crippen LogP contribution in [0.4, 0.5) is 5.69 Å². The quantitative estimate of drug-likeness (QED) is 0.861. The zero-order valence-corrected chi connectivity index (χ0v) is 9.68. The highest BCUT2D eigenvalue weighted by Gasteiger charge is 2.17. The second-order valence-electron chi connectivity index (χ2n) is 3.15. The number of hydrogen-bond donors (Lipinski definition) is 1. The molecule has 15 heavy (non-hydrogen) atoms. The van der Waals surface area contributed by atoms with Gasteiger partial charge in [0, 0.05) is 5.08 Å². The van der Waals surface area contributed by atoms with Crippen molar-refractivity contribution in [1.29, 1.82) is 0 Å². The van der Waals surface area contributed by atoms with Crippen LogP contribution in [0.2, 0.25) is 0 Å². The molecule has 1 N–H and O–H groups in total. The lowest BCUT2D eigenvalue weighted by atomic mass is 10.1. The van der Waals surface area contributed by atoms with E-state index in [2.05, 4.69) is 4.90 Å². The first-order chi connectivity index (χ1) is 7.29. The maximum absolute atomic E-state index is 11.0. The molecule has 1 fully saturated rings. The molecule has 1 saturated heterocycles. The molecule has 1 aliphatic rings. The highest BCUT2D eigenvalue weighted by atomic mass is 32.2. The minimum atomic E-state index is -0.855. The maximum atomic E-state index is 11.0. The summed E-state index contributed by atoms with van der Waals surface area (Å²) in [5.41, 5.74) is 1.21. The number of hydrogen-bond acceptors (Lipinski definition) is 4. The highest BCUT2D eigenvalue weighted by molar-refractivity contribution is 8.16. The fourth-order valence-corrected chi connectivity index (χ4v) is 3.55. The molecule has 5 heteroatoms. The summed E-state index contributed by atoms with van der Waals surface area (Å²) in [5.74, 6) is 0.889. The number of anilines is 1. The van der Waals surface area contributed by atoms with E-state index in [1.165, 1.54) is 0 Å². The second kappa shape index (κ2) is 4.81. The fourth-order valence-electron chi connectivity index (χ4n) is 1.46. The zero-order chi connectivity index (χ0) is 10.7. The normalized spacial score (nSPS) is 16.4. The molecular weight excluding hydrogens is 230 g/mol. The van der Waals surface area contributed by atoms with Gasteiger partial charge in [-0.1, -0.05) is 12.1 Å². The summed E-state index contributed by atoms with van der Waals surface area (Å²) < 4.78 is 0. The van der Waals surface area contributed by atoms with E-state index < -0.39 is 5.97 Å². The minimum Gasteiger partial charge on any atom is -0.478 e. The summed E-state index contributed by atoms with van der Waals surface area (Å²) in [4.78, 5) is 13.1. The predicted octanol–water partition coefficient (Wildman–Crippen LogP) is 2.54. The van der Waals surface area contributed by atoms with Gasteiger partial charge in [-0.05, 0) is 12.1 Å². The van der Waals surface area contributed by atoms with E-state index in [9.17, 15) is 4.79 Å². The van der Waals surface area contributed by atoms with E-state index in [1.807, 2.05) is 35.7 Å². The Morgan fingerprint density at radius 2 is 1.93 bits per heavy atom. The van der Waals surface area contributed by atoms with Crippen molar-refractivity contribution in [3.63, 3.8) is 0 Å². The van der Waals surface area contributed by atoms with Crippen molar-refractivity contribution in [3.8, 4) is 0 Å². The summed E-state index contributed by atoms with van der Waals surface area (Å²) in [6, 6.07) is 7.17. The van der Waals surface area contributed by atoms with E-state index in [-0.39, 0.29) is 0 Å². The molecule has 0 aliphatic carbocycles. The van der Waals surface area contributed by atoms with E-state index in [4.69, 9.17) is 5.11 Å². The molecular formula is C10H11NO2S2.